The fourth-order valence-corrected chi connectivity index (χ4v) is 3.90. The summed E-state index contributed by atoms with van der Waals surface area (Å²) in [6, 6.07) is 15.6. The summed E-state index contributed by atoms with van der Waals surface area (Å²) in [6.07, 6.45) is -3.23. The van der Waals surface area contributed by atoms with E-state index in [1.807, 2.05) is 59.4 Å². The van der Waals surface area contributed by atoms with Crippen molar-refractivity contribution in [1.29, 1.82) is 0 Å². The van der Waals surface area contributed by atoms with Gasteiger partial charge in [-0.2, -0.15) is 18.3 Å². The van der Waals surface area contributed by atoms with Gasteiger partial charge in [-0.1, -0.05) is 18.2 Å². The number of carbonyl (C=O) groups excluding carboxylic acids is 1. The summed E-state index contributed by atoms with van der Waals surface area (Å²) >= 11 is 0. The van der Waals surface area contributed by atoms with E-state index in [0.29, 0.717) is 6.54 Å². The van der Waals surface area contributed by atoms with Crippen LogP contribution in [0.25, 0.3) is 16.6 Å². The van der Waals surface area contributed by atoms with Crippen molar-refractivity contribution in [2.75, 3.05) is 45.1 Å². The Morgan fingerprint density at radius 1 is 1.08 bits per heavy atom. The average Bonchev–Trinajstić information content (AvgIpc) is 3.26. The van der Waals surface area contributed by atoms with Gasteiger partial charge in [0.25, 0.3) is 0 Å². The number of likely N-dealkylation sites (N-methyl/N-ethyl adjacent to an activating group) is 1. The number of nitrogens with one attached hydrogen (secondary N) is 2. The second-order valence-corrected chi connectivity index (χ2v) is 9.36. The Bertz CT molecular complexity index is 1210. The summed E-state index contributed by atoms with van der Waals surface area (Å²) in [4.78, 5) is 25.9. The lowest BCUT2D eigenvalue weighted by Gasteiger charge is -2.45. The molecule has 2 amide bonds. The number of carboxylic acids is 1. The van der Waals surface area contributed by atoms with Crippen LogP contribution in [0.3, 0.4) is 0 Å². The number of nitrogens with zero attached hydrogens (tertiary/aromatic N) is 4. The number of aromatic nitrogens is 2. The highest BCUT2D eigenvalue weighted by Crippen LogP contribution is 2.20. The van der Waals surface area contributed by atoms with E-state index in [4.69, 9.17) is 9.90 Å². The number of para-hydroxylation sites is 1. The quantitative estimate of drug-likeness (QED) is 0.473. The Morgan fingerprint density at radius 3 is 2.35 bits per heavy atom. The van der Waals surface area contributed by atoms with E-state index in [0.717, 1.165) is 48.5 Å². The predicted octanol–water partition coefficient (Wildman–Crippen LogP) is 3.81. The topological polar surface area (TPSA) is 103 Å². The Morgan fingerprint density at radius 2 is 1.73 bits per heavy atom. The first kappa shape index (κ1) is 27.9. The largest absolute Gasteiger partial charge is 0.490 e. The van der Waals surface area contributed by atoms with Crippen LogP contribution in [-0.2, 0) is 4.79 Å². The van der Waals surface area contributed by atoms with E-state index >= 15 is 0 Å². The van der Waals surface area contributed by atoms with Crippen molar-refractivity contribution in [2.24, 2.45) is 0 Å². The van der Waals surface area contributed by atoms with Crippen molar-refractivity contribution >= 4 is 28.6 Å². The van der Waals surface area contributed by atoms with Gasteiger partial charge in [0.05, 0.1) is 17.4 Å². The zero-order valence-electron chi connectivity index (χ0n) is 20.9. The Labute approximate surface area is 212 Å². The molecular weight excluding hydrogens is 489 g/mol. The van der Waals surface area contributed by atoms with Crippen LogP contribution in [0, 0.1) is 0 Å². The lowest BCUT2D eigenvalue weighted by molar-refractivity contribution is -0.192. The van der Waals surface area contributed by atoms with Crippen LogP contribution in [0.15, 0.2) is 54.7 Å². The lowest BCUT2D eigenvalue weighted by Crippen LogP contribution is -2.58. The zero-order chi connectivity index (χ0) is 27.2. The molecule has 0 unspecified atom stereocenters. The molecule has 9 nitrogen and oxygen atoms in total. The number of anilines is 1. The second-order valence-electron chi connectivity index (χ2n) is 9.36. The first-order valence-electron chi connectivity index (χ1n) is 11.7. The number of urea groups is 1. The summed E-state index contributed by atoms with van der Waals surface area (Å²) in [6.45, 7) is 9.10. The molecule has 2 heterocycles. The molecule has 3 N–H and O–H groups in total. The SMILES string of the molecule is CN1CCN(CCNC(=O)Nc2ccc(-n3ncc4ccccc43)cc2)CC1(C)C.O=C(O)C(F)(F)F. The second kappa shape index (κ2) is 11.6. The van der Waals surface area contributed by atoms with Crippen LogP contribution >= 0.6 is 0 Å². The summed E-state index contributed by atoms with van der Waals surface area (Å²) < 4.78 is 33.6. The van der Waals surface area contributed by atoms with Crippen molar-refractivity contribution in [1.82, 2.24) is 24.9 Å². The average molecular weight is 521 g/mol. The number of hydrogen-bond acceptors (Lipinski definition) is 5. The first-order valence-corrected chi connectivity index (χ1v) is 11.7. The van der Waals surface area contributed by atoms with Gasteiger partial charge in [0.15, 0.2) is 0 Å². The summed E-state index contributed by atoms with van der Waals surface area (Å²) in [5, 5.41) is 18.6. The minimum absolute atomic E-state index is 0.169. The van der Waals surface area contributed by atoms with E-state index in [1.54, 1.807) is 0 Å². The molecule has 3 aromatic rings. The highest BCUT2D eigenvalue weighted by atomic mass is 19.4. The molecule has 4 rings (SSSR count). The third-order valence-corrected chi connectivity index (χ3v) is 6.20. The van der Waals surface area contributed by atoms with E-state index in [9.17, 15) is 18.0 Å². The number of carbonyl (C=O) groups is 2. The smallest absolute Gasteiger partial charge is 0.475 e. The van der Waals surface area contributed by atoms with Crippen molar-refractivity contribution in [3.05, 3.63) is 54.7 Å². The number of fused-ring (bicyclic) bond motifs is 1. The first-order chi connectivity index (χ1) is 17.4. The molecule has 12 heteroatoms. The minimum atomic E-state index is -5.08. The summed E-state index contributed by atoms with van der Waals surface area (Å²) in [7, 11) is 2.17. The lowest BCUT2D eigenvalue weighted by atomic mass is 10.00. The van der Waals surface area contributed by atoms with Gasteiger partial charge in [0.1, 0.15) is 0 Å². The van der Waals surface area contributed by atoms with E-state index in [1.165, 1.54) is 0 Å². The predicted molar refractivity (Wildman–Crippen MR) is 135 cm³/mol. The van der Waals surface area contributed by atoms with Crippen LogP contribution in [0.5, 0.6) is 0 Å². The molecule has 2 aromatic carbocycles. The Hall–Kier alpha value is -3.64. The molecule has 1 aliphatic heterocycles. The van der Waals surface area contributed by atoms with E-state index in [2.05, 4.69) is 46.4 Å². The number of benzene rings is 2. The third-order valence-electron chi connectivity index (χ3n) is 6.20. The molecule has 1 aliphatic rings. The summed E-state index contributed by atoms with van der Waals surface area (Å²) in [5.41, 5.74) is 2.94. The molecule has 0 atom stereocenters. The third kappa shape index (κ3) is 7.67. The normalized spacial score (nSPS) is 16.1. The molecule has 1 saturated heterocycles. The van der Waals surface area contributed by atoms with Gasteiger partial charge in [-0.25, -0.2) is 14.3 Å². The van der Waals surface area contributed by atoms with Gasteiger partial charge in [0.2, 0.25) is 0 Å². The van der Waals surface area contributed by atoms with Crippen LogP contribution in [-0.4, -0.2) is 88.2 Å². The van der Waals surface area contributed by atoms with Gasteiger partial charge in [-0.3, -0.25) is 9.80 Å². The zero-order valence-corrected chi connectivity index (χ0v) is 20.9. The van der Waals surface area contributed by atoms with Crippen molar-refractivity contribution < 1.29 is 27.9 Å². The molecule has 0 saturated carbocycles. The van der Waals surface area contributed by atoms with Crippen LogP contribution in [0.1, 0.15) is 13.8 Å². The number of hydrogen-bond donors (Lipinski definition) is 3. The molecule has 0 spiro atoms. The number of amides is 2. The molecule has 0 bridgehead atoms. The van der Waals surface area contributed by atoms with Crippen LogP contribution < -0.4 is 10.6 Å². The Kier molecular flexibility index (Phi) is 8.77. The maximum absolute atomic E-state index is 12.3. The van der Waals surface area contributed by atoms with Crippen molar-refractivity contribution in [3.8, 4) is 5.69 Å². The number of alkyl halides is 3. The fraction of sp³-hybridized carbons (Fsp3) is 0.400. The van der Waals surface area contributed by atoms with E-state index in [-0.39, 0.29) is 11.6 Å². The molecule has 0 radical (unpaired) electrons. The molecule has 200 valence electrons. The molecule has 1 fully saturated rings. The number of piperazine rings is 1. The highest BCUT2D eigenvalue weighted by molar-refractivity contribution is 5.89. The Balaban J connectivity index is 0.000000479. The molecule has 0 aliphatic carbocycles. The highest BCUT2D eigenvalue weighted by Gasteiger charge is 2.38. The van der Waals surface area contributed by atoms with Gasteiger partial charge in [-0.05, 0) is 51.2 Å². The van der Waals surface area contributed by atoms with Gasteiger partial charge in [-0.15, -0.1) is 0 Å². The molecule has 1 aromatic heterocycles. The number of aliphatic carboxylic acids is 1. The standard InChI is InChI=1S/C23H30N6O.C2HF3O2/c1-23(2)17-28(15-14-27(23)3)13-12-24-22(30)26-19-8-10-20(11-9-19)29-21-7-5-4-6-18(21)16-25-29;3-2(4,5)1(6)7/h4-11,16H,12-15,17H2,1-3H3,(H2,24,26,30);(H,6,7). The van der Waals surface area contributed by atoms with E-state index < -0.39 is 12.1 Å². The van der Waals surface area contributed by atoms with Crippen molar-refractivity contribution in [2.45, 2.75) is 25.6 Å². The maximum Gasteiger partial charge on any atom is 0.490 e. The maximum atomic E-state index is 12.3. The fourth-order valence-electron chi connectivity index (χ4n) is 3.90. The van der Waals surface area contributed by atoms with Crippen LogP contribution in [0.4, 0.5) is 23.7 Å². The van der Waals surface area contributed by atoms with Crippen molar-refractivity contribution in [3.63, 3.8) is 0 Å². The van der Waals surface area contributed by atoms with Gasteiger partial charge < -0.3 is 15.7 Å². The monoisotopic (exact) mass is 520 g/mol. The molecule has 37 heavy (non-hydrogen) atoms. The summed E-state index contributed by atoms with van der Waals surface area (Å²) in [5.74, 6) is -2.76. The number of rotatable bonds is 5. The molecular formula is C25H31F3N6O3. The number of halogens is 3. The number of carboxylic acid groups (broad SMARTS) is 1. The van der Waals surface area contributed by atoms with Gasteiger partial charge in [0, 0.05) is 49.3 Å². The van der Waals surface area contributed by atoms with Gasteiger partial charge >= 0.3 is 18.2 Å². The minimum Gasteiger partial charge on any atom is -0.475 e. The van der Waals surface area contributed by atoms with Crippen LogP contribution in [0.2, 0.25) is 0 Å².